The van der Waals surface area contributed by atoms with Crippen molar-refractivity contribution in [2.75, 3.05) is 0 Å². The second kappa shape index (κ2) is 2.53. The molecule has 0 aromatic carbocycles. The van der Waals surface area contributed by atoms with Crippen molar-refractivity contribution in [2.45, 2.75) is 38.0 Å². The molecule has 0 radical (unpaired) electrons. The van der Waals surface area contributed by atoms with Crippen LogP contribution in [0.5, 0.6) is 0 Å². The summed E-state index contributed by atoms with van der Waals surface area (Å²) in [6.45, 7) is 0. The number of nitrogens with two attached hydrogens (primary N) is 1. The highest BCUT2D eigenvalue weighted by molar-refractivity contribution is 5.82. The Kier molecular flexibility index (Phi) is 1.61. The molecule has 4 heteroatoms. The summed E-state index contributed by atoms with van der Waals surface area (Å²) in [5.41, 5.74) is 3.75. The van der Waals surface area contributed by atoms with Crippen molar-refractivity contribution in [3.05, 3.63) is 0 Å². The first-order chi connectivity index (χ1) is 6.96. The second-order valence-corrected chi connectivity index (χ2v) is 5.61. The lowest BCUT2D eigenvalue weighted by atomic mass is 9.47. The van der Waals surface area contributed by atoms with Crippen molar-refractivity contribution < 1.29 is 13.6 Å². The molecule has 0 saturated heterocycles. The maximum absolute atomic E-state index is 14.1. The normalized spacial score (nSPS) is 50.7. The minimum Gasteiger partial charge on any atom is -0.369 e. The Balaban J connectivity index is 2.08. The van der Waals surface area contributed by atoms with Gasteiger partial charge in [0.2, 0.25) is 5.91 Å². The van der Waals surface area contributed by atoms with Crippen molar-refractivity contribution in [1.82, 2.24) is 0 Å². The van der Waals surface area contributed by atoms with Gasteiger partial charge in [0.1, 0.15) is 5.41 Å². The fraction of sp³-hybridized carbons (Fsp3) is 0.909. The third kappa shape index (κ3) is 0.955. The molecule has 0 aliphatic heterocycles. The van der Waals surface area contributed by atoms with Gasteiger partial charge >= 0.3 is 0 Å². The van der Waals surface area contributed by atoms with Crippen molar-refractivity contribution in [3.8, 4) is 0 Å². The molecule has 4 aliphatic rings. The van der Waals surface area contributed by atoms with Gasteiger partial charge in [0, 0.05) is 5.92 Å². The van der Waals surface area contributed by atoms with Gasteiger partial charge in [-0.25, -0.2) is 8.78 Å². The molecule has 15 heavy (non-hydrogen) atoms. The lowest BCUT2D eigenvalue weighted by molar-refractivity contribution is -0.246. The number of amides is 1. The Bertz CT molecular complexity index is 315. The Hall–Kier alpha value is -0.670. The molecule has 4 bridgehead atoms. The maximum atomic E-state index is 14.1. The van der Waals surface area contributed by atoms with Crippen LogP contribution in [0.2, 0.25) is 0 Å². The van der Waals surface area contributed by atoms with Gasteiger partial charge < -0.3 is 5.73 Å². The van der Waals surface area contributed by atoms with Crippen LogP contribution in [0.15, 0.2) is 0 Å². The van der Waals surface area contributed by atoms with Crippen LogP contribution in [0.3, 0.4) is 0 Å². The van der Waals surface area contributed by atoms with E-state index >= 15 is 0 Å². The first-order valence-corrected chi connectivity index (χ1v) is 5.63. The molecule has 84 valence electrons. The molecule has 0 heterocycles. The zero-order chi connectivity index (χ0) is 10.8. The zero-order valence-corrected chi connectivity index (χ0v) is 8.51. The average Bonchev–Trinajstić information content (AvgIpc) is 2.13. The predicted octanol–water partition coefficient (Wildman–Crippen LogP) is 1.93. The summed E-state index contributed by atoms with van der Waals surface area (Å²) < 4.78 is 28.2. The molecule has 4 aliphatic carbocycles. The van der Waals surface area contributed by atoms with Crippen LogP contribution >= 0.6 is 0 Å². The van der Waals surface area contributed by atoms with Gasteiger partial charge in [0.05, 0.1) is 0 Å². The predicted molar refractivity (Wildman–Crippen MR) is 50.1 cm³/mol. The summed E-state index contributed by atoms with van der Waals surface area (Å²) >= 11 is 0. The third-order valence-corrected chi connectivity index (χ3v) is 4.80. The van der Waals surface area contributed by atoms with Crippen molar-refractivity contribution in [1.29, 1.82) is 0 Å². The van der Waals surface area contributed by atoms with E-state index < -0.39 is 23.2 Å². The monoisotopic (exact) mass is 215 g/mol. The molecule has 0 aromatic heterocycles. The molecule has 0 spiro atoms. The minimum absolute atomic E-state index is 0.314. The van der Waals surface area contributed by atoms with Crippen LogP contribution in [0.4, 0.5) is 8.78 Å². The van der Waals surface area contributed by atoms with E-state index in [0.717, 1.165) is 6.42 Å². The fourth-order valence-electron chi connectivity index (χ4n) is 4.29. The lowest BCUT2D eigenvalue weighted by Gasteiger charge is -2.59. The molecule has 2 atom stereocenters. The van der Waals surface area contributed by atoms with Gasteiger partial charge in [-0.3, -0.25) is 4.79 Å². The molecular formula is C11H15F2NO. The second-order valence-electron chi connectivity index (χ2n) is 5.61. The van der Waals surface area contributed by atoms with Crippen LogP contribution in [-0.4, -0.2) is 11.8 Å². The number of hydrogen-bond acceptors (Lipinski definition) is 1. The van der Waals surface area contributed by atoms with Crippen molar-refractivity contribution in [3.63, 3.8) is 0 Å². The van der Waals surface area contributed by atoms with E-state index in [1.807, 2.05) is 0 Å². The number of hydrogen-bond donors (Lipinski definition) is 1. The Morgan fingerprint density at radius 3 is 2.13 bits per heavy atom. The molecule has 4 rings (SSSR count). The number of alkyl halides is 2. The van der Waals surface area contributed by atoms with E-state index in [2.05, 4.69) is 0 Å². The van der Waals surface area contributed by atoms with Gasteiger partial charge in [-0.2, -0.15) is 0 Å². The molecule has 2 N–H and O–H groups in total. The third-order valence-electron chi connectivity index (χ3n) is 4.80. The number of halogens is 2. The number of primary amides is 1. The molecule has 4 saturated carbocycles. The van der Waals surface area contributed by atoms with Gasteiger partial charge in [0.15, 0.2) is 0 Å². The molecule has 4 fully saturated rings. The summed E-state index contributed by atoms with van der Waals surface area (Å²) in [5, 5.41) is 0. The smallest absolute Gasteiger partial charge is 0.265 e. The van der Waals surface area contributed by atoms with E-state index in [9.17, 15) is 13.6 Å². The standard InChI is InChI=1S/C11H15F2NO/c12-11(13)8-2-6-1-7(3-8)5-10(11,4-6)9(14)15/h6-8H,1-5H2,(H2,14,15). The molecular weight excluding hydrogens is 200 g/mol. The van der Waals surface area contributed by atoms with Crippen LogP contribution in [0.1, 0.15) is 32.1 Å². The summed E-state index contributed by atoms with van der Waals surface area (Å²) in [5.74, 6) is -3.58. The lowest BCUT2D eigenvalue weighted by Crippen LogP contribution is -2.64. The quantitative estimate of drug-likeness (QED) is 0.713. The highest BCUT2D eigenvalue weighted by Gasteiger charge is 2.70. The minimum atomic E-state index is -2.85. The fourth-order valence-corrected chi connectivity index (χ4v) is 4.29. The van der Waals surface area contributed by atoms with E-state index in [-0.39, 0.29) is 0 Å². The van der Waals surface area contributed by atoms with Gasteiger partial charge in [-0.05, 0) is 43.9 Å². The van der Waals surface area contributed by atoms with Crippen LogP contribution < -0.4 is 5.73 Å². The first kappa shape index (κ1) is 9.55. The highest BCUT2D eigenvalue weighted by atomic mass is 19.3. The van der Waals surface area contributed by atoms with Gasteiger partial charge in [0.25, 0.3) is 5.92 Å². The SMILES string of the molecule is NC(=O)C12CC3CC(CC(C3)C1(F)F)C2. The Morgan fingerprint density at radius 1 is 1.13 bits per heavy atom. The zero-order valence-electron chi connectivity index (χ0n) is 8.51. The van der Waals surface area contributed by atoms with Gasteiger partial charge in [-0.1, -0.05) is 0 Å². The van der Waals surface area contributed by atoms with Crippen LogP contribution in [0.25, 0.3) is 0 Å². The largest absolute Gasteiger partial charge is 0.369 e. The van der Waals surface area contributed by atoms with E-state index in [1.54, 1.807) is 0 Å². The molecule has 1 amide bonds. The Morgan fingerprint density at radius 2 is 1.67 bits per heavy atom. The van der Waals surface area contributed by atoms with E-state index in [1.165, 1.54) is 0 Å². The summed E-state index contributed by atoms with van der Waals surface area (Å²) in [6, 6.07) is 0. The highest BCUT2D eigenvalue weighted by Crippen LogP contribution is 2.66. The van der Waals surface area contributed by atoms with E-state index in [0.29, 0.717) is 37.5 Å². The van der Waals surface area contributed by atoms with Crippen molar-refractivity contribution >= 4 is 5.91 Å². The average molecular weight is 215 g/mol. The summed E-state index contributed by atoms with van der Waals surface area (Å²) in [6.07, 6.45) is 2.86. The van der Waals surface area contributed by atoms with Crippen LogP contribution in [0, 0.1) is 23.2 Å². The van der Waals surface area contributed by atoms with Gasteiger partial charge in [-0.15, -0.1) is 0 Å². The molecule has 2 nitrogen and oxygen atoms in total. The van der Waals surface area contributed by atoms with E-state index in [4.69, 9.17) is 5.73 Å². The number of carbonyl (C=O) groups excluding carboxylic acids is 1. The van der Waals surface area contributed by atoms with Crippen LogP contribution in [-0.2, 0) is 4.79 Å². The molecule has 2 unspecified atom stereocenters. The maximum Gasteiger partial charge on any atom is 0.265 e. The molecule has 0 aromatic rings. The van der Waals surface area contributed by atoms with Crippen molar-refractivity contribution in [2.24, 2.45) is 28.9 Å². The topological polar surface area (TPSA) is 43.1 Å². The number of rotatable bonds is 1. The first-order valence-electron chi connectivity index (χ1n) is 5.63. The number of carbonyl (C=O) groups is 1. The Labute approximate surface area is 87.2 Å². The summed E-state index contributed by atoms with van der Waals surface area (Å²) in [4.78, 5) is 11.4. The summed E-state index contributed by atoms with van der Waals surface area (Å²) in [7, 11) is 0.